The predicted molar refractivity (Wildman–Crippen MR) is 108 cm³/mol. The number of hydrogen-bond acceptors (Lipinski definition) is 3. The fourth-order valence-electron chi connectivity index (χ4n) is 4.14. The van der Waals surface area contributed by atoms with E-state index in [4.69, 9.17) is 0 Å². The highest BCUT2D eigenvalue weighted by atomic mass is 16.2. The molecule has 1 unspecified atom stereocenters. The Hall–Kier alpha value is -1.88. The van der Waals surface area contributed by atoms with E-state index >= 15 is 0 Å². The van der Waals surface area contributed by atoms with Crippen LogP contribution in [0.25, 0.3) is 0 Å². The normalized spacial score (nSPS) is 21.6. The van der Waals surface area contributed by atoms with E-state index in [-0.39, 0.29) is 17.2 Å². The van der Waals surface area contributed by atoms with Crippen molar-refractivity contribution in [1.29, 1.82) is 0 Å². The van der Waals surface area contributed by atoms with Gasteiger partial charge >= 0.3 is 0 Å². The summed E-state index contributed by atoms with van der Waals surface area (Å²) in [6.07, 6.45) is 2.25. The summed E-state index contributed by atoms with van der Waals surface area (Å²) in [6.45, 7) is 12.3. The molecular weight excluding hydrogens is 338 g/mol. The SMILES string of the molecule is CC(=O)N1CCN(C(=O)CN2CCCC2c2ccc(C(C)(C)C)cc2)CC1. The van der Waals surface area contributed by atoms with Crippen molar-refractivity contribution < 1.29 is 9.59 Å². The summed E-state index contributed by atoms with van der Waals surface area (Å²) in [5, 5.41) is 0. The topological polar surface area (TPSA) is 43.9 Å². The molecule has 148 valence electrons. The average molecular weight is 372 g/mol. The zero-order valence-corrected chi connectivity index (χ0v) is 17.2. The molecule has 2 amide bonds. The van der Waals surface area contributed by atoms with E-state index in [0.29, 0.717) is 38.8 Å². The Morgan fingerprint density at radius 3 is 2.11 bits per heavy atom. The van der Waals surface area contributed by atoms with Gasteiger partial charge in [0.1, 0.15) is 0 Å². The van der Waals surface area contributed by atoms with Gasteiger partial charge in [-0.05, 0) is 35.9 Å². The maximum absolute atomic E-state index is 12.8. The molecule has 0 saturated carbocycles. The van der Waals surface area contributed by atoms with Gasteiger partial charge in [-0.1, -0.05) is 45.0 Å². The molecule has 2 aliphatic heterocycles. The smallest absolute Gasteiger partial charge is 0.236 e. The first-order chi connectivity index (χ1) is 12.8. The number of hydrogen-bond donors (Lipinski definition) is 0. The van der Waals surface area contributed by atoms with Crippen LogP contribution in [0.4, 0.5) is 0 Å². The molecule has 0 aromatic heterocycles. The Bertz CT molecular complexity index is 670. The van der Waals surface area contributed by atoms with Crippen molar-refractivity contribution in [1.82, 2.24) is 14.7 Å². The third-order valence-electron chi connectivity index (χ3n) is 5.94. The van der Waals surface area contributed by atoms with Crippen LogP contribution in [-0.2, 0) is 15.0 Å². The highest BCUT2D eigenvalue weighted by Crippen LogP contribution is 2.33. The zero-order chi connectivity index (χ0) is 19.6. The molecule has 2 heterocycles. The molecule has 2 saturated heterocycles. The zero-order valence-electron chi connectivity index (χ0n) is 17.2. The Labute approximate surface area is 163 Å². The number of piperazine rings is 1. The lowest BCUT2D eigenvalue weighted by molar-refractivity contribution is -0.139. The lowest BCUT2D eigenvalue weighted by Gasteiger charge is -2.35. The molecule has 0 radical (unpaired) electrons. The fourth-order valence-corrected chi connectivity index (χ4v) is 4.14. The molecule has 0 bridgehead atoms. The Morgan fingerprint density at radius 1 is 0.963 bits per heavy atom. The third-order valence-corrected chi connectivity index (χ3v) is 5.94. The Balaban J connectivity index is 1.60. The lowest BCUT2D eigenvalue weighted by Crippen LogP contribution is -2.52. The van der Waals surface area contributed by atoms with Crippen LogP contribution in [0.15, 0.2) is 24.3 Å². The minimum Gasteiger partial charge on any atom is -0.339 e. The molecule has 5 nitrogen and oxygen atoms in total. The summed E-state index contributed by atoms with van der Waals surface area (Å²) in [5.41, 5.74) is 2.82. The van der Waals surface area contributed by atoms with Crippen molar-refractivity contribution in [3.05, 3.63) is 35.4 Å². The molecule has 0 N–H and O–H groups in total. The van der Waals surface area contributed by atoms with E-state index in [1.807, 2.05) is 9.80 Å². The second kappa shape index (κ2) is 8.01. The maximum Gasteiger partial charge on any atom is 0.236 e. The summed E-state index contributed by atoms with van der Waals surface area (Å²) < 4.78 is 0. The van der Waals surface area contributed by atoms with Gasteiger partial charge < -0.3 is 9.80 Å². The van der Waals surface area contributed by atoms with E-state index < -0.39 is 0 Å². The molecule has 0 spiro atoms. The Morgan fingerprint density at radius 2 is 1.56 bits per heavy atom. The van der Waals surface area contributed by atoms with Gasteiger partial charge in [-0.25, -0.2) is 0 Å². The van der Waals surface area contributed by atoms with Crippen LogP contribution in [0.2, 0.25) is 0 Å². The summed E-state index contributed by atoms with van der Waals surface area (Å²) in [7, 11) is 0. The first kappa shape index (κ1) is 19.9. The fraction of sp³-hybridized carbons (Fsp3) is 0.636. The van der Waals surface area contributed by atoms with Crippen molar-refractivity contribution in [2.75, 3.05) is 39.3 Å². The summed E-state index contributed by atoms with van der Waals surface area (Å²) in [4.78, 5) is 30.3. The largest absolute Gasteiger partial charge is 0.339 e. The van der Waals surface area contributed by atoms with Crippen molar-refractivity contribution >= 4 is 11.8 Å². The van der Waals surface area contributed by atoms with E-state index in [9.17, 15) is 9.59 Å². The van der Waals surface area contributed by atoms with Crippen molar-refractivity contribution in [3.8, 4) is 0 Å². The van der Waals surface area contributed by atoms with Gasteiger partial charge in [0.05, 0.1) is 6.54 Å². The molecular formula is C22H33N3O2. The predicted octanol–water partition coefficient (Wildman–Crippen LogP) is 2.81. The molecule has 3 rings (SSSR count). The molecule has 1 aromatic carbocycles. The lowest BCUT2D eigenvalue weighted by atomic mass is 9.86. The van der Waals surface area contributed by atoms with Crippen LogP contribution in [0.5, 0.6) is 0 Å². The molecule has 2 fully saturated rings. The molecule has 1 atom stereocenters. The Kier molecular flexibility index (Phi) is 5.89. The first-order valence-corrected chi connectivity index (χ1v) is 10.1. The number of likely N-dealkylation sites (tertiary alicyclic amines) is 1. The molecule has 5 heteroatoms. The van der Waals surface area contributed by atoms with E-state index in [2.05, 4.69) is 49.9 Å². The second-order valence-electron chi connectivity index (χ2n) is 8.89. The summed E-state index contributed by atoms with van der Waals surface area (Å²) in [5.74, 6) is 0.289. The minimum absolute atomic E-state index is 0.0976. The van der Waals surface area contributed by atoms with Crippen LogP contribution >= 0.6 is 0 Å². The molecule has 2 aliphatic rings. The van der Waals surface area contributed by atoms with Crippen LogP contribution in [0, 0.1) is 0 Å². The molecule has 1 aromatic rings. The van der Waals surface area contributed by atoms with Crippen molar-refractivity contribution in [3.63, 3.8) is 0 Å². The monoisotopic (exact) mass is 371 g/mol. The van der Waals surface area contributed by atoms with Crippen LogP contribution in [0.3, 0.4) is 0 Å². The van der Waals surface area contributed by atoms with Gasteiger partial charge in [-0.15, -0.1) is 0 Å². The van der Waals surface area contributed by atoms with E-state index in [1.54, 1.807) is 6.92 Å². The van der Waals surface area contributed by atoms with Crippen LogP contribution in [-0.4, -0.2) is 65.8 Å². The van der Waals surface area contributed by atoms with Gasteiger partial charge in [-0.2, -0.15) is 0 Å². The van der Waals surface area contributed by atoms with E-state index in [1.165, 1.54) is 11.1 Å². The van der Waals surface area contributed by atoms with Gasteiger partial charge in [0.15, 0.2) is 0 Å². The minimum atomic E-state index is 0.0976. The van der Waals surface area contributed by atoms with Crippen molar-refractivity contribution in [2.45, 2.75) is 52.0 Å². The van der Waals surface area contributed by atoms with Gasteiger partial charge in [0, 0.05) is 39.1 Å². The highest BCUT2D eigenvalue weighted by Gasteiger charge is 2.30. The quantitative estimate of drug-likeness (QED) is 0.821. The van der Waals surface area contributed by atoms with Crippen molar-refractivity contribution in [2.24, 2.45) is 0 Å². The number of amides is 2. The summed E-state index contributed by atoms with van der Waals surface area (Å²) in [6, 6.07) is 9.27. The number of nitrogens with zero attached hydrogens (tertiary/aromatic N) is 3. The molecule has 27 heavy (non-hydrogen) atoms. The number of carbonyl (C=O) groups excluding carboxylic acids is 2. The molecule has 0 aliphatic carbocycles. The standard InChI is InChI=1S/C22H33N3O2/c1-17(26)23-12-14-24(15-13-23)21(27)16-25-11-5-6-20(25)18-7-9-19(10-8-18)22(2,3)4/h7-10,20H,5-6,11-16H2,1-4H3. The average Bonchev–Trinajstić information content (AvgIpc) is 3.09. The number of rotatable bonds is 3. The van der Waals surface area contributed by atoms with Gasteiger partial charge in [0.25, 0.3) is 0 Å². The summed E-state index contributed by atoms with van der Waals surface area (Å²) >= 11 is 0. The highest BCUT2D eigenvalue weighted by molar-refractivity contribution is 5.79. The van der Waals surface area contributed by atoms with Gasteiger partial charge in [0.2, 0.25) is 11.8 Å². The number of benzene rings is 1. The van der Waals surface area contributed by atoms with E-state index in [0.717, 1.165) is 19.4 Å². The van der Waals surface area contributed by atoms with Crippen LogP contribution < -0.4 is 0 Å². The first-order valence-electron chi connectivity index (χ1n) is 10.1. The third kappa shape index (κ3) is 4.70. The maximum atomic E-state index is 12.8. The number of carbonyl (C=O) groups is 2. The van der Waals surface area contributed by atoms with Gasteiger partial charge in [-0.3, -0.25) is 14.5 Å². The van der Waals surface area contributed by atoms with Crippen LogP contribution in [0.1, 0.15) is 57.7 Å². The second-order valence-corrected chi connectivity index (χ2v) is 8.89.